The van der Waals surface area contributed by atoms with Crippen molar-refractivity contribution in [3.8, 4) is 0 Å². The molecular weight excluding hydrogens is 168 g/mol. The third-order valence-electron chi connectivity index (χ3n) is 1.86. The van der Waals surface area contributed by atoms with E-state index in [1.54, 1.807) is 14.2 Å². The summed E-state index contributed by atoms with van der Waals surface area (Å²) in [5.41, 5.74) is 1.83. The lowest BCUT2D eigenvalue weighted by atomic mass is 10.1. The van der Waals surface area contributed by atoms with E-state index in [1.807, 2.05) is 24.3 Å². The van der Waals surface area contributed by atoms with Gasteiger partial charge in [-0.1, -0.05) is 24.3 Å². The van der Waals surface area contributed by atoms with E-state index in [9.17, 15) is 0 Å². The van der Waals surface area contributed by atoms with E-state index < -0.39 is 0 Å². The molecule has 3 heteroatoms. The predicted molar refractivity (Wildman–Crippen MR) is 49.1 cm³/mol. The molecule has 13 heavy (non-hydrogen) atoms. The molecule has 0 amide bonds. The Labute approximate surface area is 77.9 Å². The van der Waals surface area contributed by atoms with Crippen LogP contribution in [0.15, 0.2) is 24.3 Å². The summed E-state index contributed by atoms with van der Waals surface area (Å²) in [6.45, 7) is 0.0604. The fourth-order valence-electron chi connectivity index (χ4n) is 1.15. The smallest absolute Gasteiger partial charge is 0.183 e. The lowest BCUT2D eigenvalue weighted by Gasteiger charge is -2.13. The van der Waals surface area contributed by atoms with Gasteiger partial charge in [-0.25, -0.2) is 0 Å². The molecule has 0 heterocycles. The Morgan fingerprint density at radius 3 is 2.08 bits per heavy atom. The molecule has 0 unspecified atom stereocenters. The number of aliphatic hydroxyl groups is 1. The van der Waals surface area contributed by atoms with Gasteiger partial charge in [-0.2, -0.15) is 0 Å². The number of hydrogen-bond acceptors (Lipinski definition) is 3. The Bertz CT molecular complexity index is 239. The summed E-state index contributed by atoms with van der Waals surface area (Å²) in [6, 6.07) is 7.45. The van der Waals surface area contributed by atoms with Gasteiger partial charge in [0.25, 0.3) is 0 Å². The van der Waals surface area contributed by atoms with Crippen LogP contribution in [0, 0.1) is 0 Å². The summed E-state index contributed by atoms with van der Waals surface area (Å²) in [5, 5.41) is 8.82. The van der Waals surface area contributed by atoms with Gasteiger partial charge in [0, 0.05) is 19.8 Å². The summed E-state index contributed by atoms with van der Waals surface area (Å²) in [4.78, 5) is 0. The average molecular weight is 182 g/mol. The van der Waals surface area contributed by atoms with Gasteiger partial charge in [0.1, 0.15) is 0 Å². The van der Waals surface area contributed by atoms with Gasteiger partial charge < -0.3 is 14.6 Å². The van der Waals surface area contributed by atoms with Crippen molar-refractivity contribution in [2.24, 2.45) is 0 Å². The fraction of sp³-hybridized carbons (Fsp3) is 0.400. The summed E-state index contributed by atoms with van der Waals surface area (Å²) < 4.78 is 10.1. The van der Waals surface area contributed by atoms with Gasteiger partial charge in [0.15, 0.2) is 6.29 Å². The Morgan fingerprint density at radius 1 is 1.15 bits per heavy atom. The zero-order chi connectivity index (χ0) is 9.68. The van der Waals surface area contributed by atoms with E-state index in [0.717, 1.165) is 11.1 Å². The van der Waals surface area contributed by atoms with Crippen molar-refractivity contribution in [2.45, 2.75) is 12.9 Å². The molecule has 72 valence electrons. The van der Waals surface area contributed by atoms with E-state index >= 15 is 0 Å². The zero-order valence-corrected chi connectivity index (χ0v) is 7.86. The molecule has 0 aliphatic heterocycles. The van der Waals surface area contributed by atoms with E-state index in [2.05, 4.69) is 0 Å². The molecule has 1 aromatic rings. The normalized spacial score (nSPS) is 10.8. The second-order valence-corrected chi connectivity index (χ2v) is 2.70. The van der Waals surface area contributed by atoms with Crippen molar-refractivity contribution in [1.29, 1.82) is 0 Å². The molecule has 1 rings (SSSR count). The van der Waals surface area contributed by atoms with Crippen LogP contribution in [0.1, 0.15) is 17.4 Å². The van der Waals surface area contributed by atoms with Crippen molar-refractivity contribution in [3.63, 3.8) is 0 Å². The van der Waals surface area contributed by atoms with E-state index in [-0.39, 0.29) is 12.9 Å². The maximum atomic E-state index is 8.82. The van der Waals surface area contributed by atoms with E-state index in [0.29, 0.717) is 0 Å². The molecule has 0 bridgehead atoms. The number of methoxy groups -OCH3 is 2. The molecule has 1 aromatic carbocycles. The quantitative estimate of drug-likeness (QED) is 0.717. The molecule has 0 aliphatic rings. The topological polar surface area (TPSA) is 38.7 Å². The molecule has 0 spiro atoms. The molecule has 0 aliphatic carbocycles. The Kier molecular flexibility index (Phi) is 3.89. The van der Waals surface area contributed by atoms with Gasteiger partial charge >= 0.3 is 0 Å². The number of benzene rings is 1. The molecular formula is C10H14O3. The Hall–Kier alpha value is -0.900. The van der Waals surface area contributed by atoms with Crippen LogP contribution in [-0.2, 0) is 16.1 Å². The first-order chi connectivity index (χ1) is 6.31. The van der Waals surface area contributed by atoms with Gasteiger partial charge in [-0.15, -0.1) is 0 Å². The maximum Gasteiger partial charge on any atom is 0.183 e. The van der Waals surface area contributed by atoms with Crippen LogP contribution in [-0.4, -0.2) is 19.3 Å². The third-order valence-corrected chi connectivity index (χ3v) is 1.86. The highest BCUT2D eigenvalue weighted by atomic mass is 16.7. The van der Waals surface area contributed by atoms with Crippen LogP contribution in [0.5, 0.6) is 0 Å². The highest BCUT2D eigenvalue weighted by Crippen LogP contribution is 2.17. The van der Waals surface area contributed by atoms with E-state index in [4.69, 9.17) is 14.6 Å². The van der Waals surface area contributed by atoms with Gasteiger partial charge in [-0.05, 0) is 5.56 Å². The Balaban J connectivity index is 2.78. The van der Waals surface area contributed by atoms with Crippen LogP contribution in [0.2, 0.25) is 0 Å². The minimum Gasteiger partial charge on any atom is -0.392 e. The molecule has 0 radical (unpaired) electrons. The number of rotatable bonds is 4. The second-order valence-electron chi connectivity index (χ2n) is 2.70. The predicted octanol–water partition coefficient (Wildman–Crippen LogP) is 1.47. The molecule has 0 aromatic heterocycles. The van der Waals surface area contributed by atoms with Crippen LogP contribution >= 0.6 is 0 Å². The summed E-state index contributed by atoms with van der Waals surface area (Å²) in [5.74, 6) is 0. The molecule has 0 saturated heterocycles. The van der Waals surface area contributed by atoms with E-state index in [1.165, 1.54) is 0 Å². The monoisotopic (exact) mass is 182 g/mol. The fourth-order valence-corrected chi connectivity index (χ4v) is 1.15. The number of ether oxygens (including phenoxy) is 2. The summed E-state index contributed by atoms with van der Waals surface area (Å²) >= 11 is 0. The van der Waals surface area contributed by atoms with Crippen molar-refractivity contribution in [3.05, 3.63) is 35.4 Å². The largest absolute Gasteiger partial charge is 0.392 e. The maximum absolute atomic E-state index is 8.82. The lowest BCUT2D eigenvalue weighted by molar-refractivity contribution is -0.106. The molecule has 3 nitrogen and oxygen atoms in total. The van der Waals surface area contributed by atoms with Gasteiger partial charge in [0.05, 0.1) is 6.61 Å². The zero-order valence-electron chi connectivity index (χ0n) is 7.86. The molecule has 1 N–H and O–H groups in total. The van der Waals surface area contributed by atoms with Crippen molar-refractivity contribution < 1.29 is 14.6 Å². The molecule has 0 fully saturated rings. The first-order valence-electron chi connectivity index (χ1n) is 4.07. The van der Waals surface area contributed by atoms with Crippen molar-refractivity contribution in [1.82, 2.24) is 0 Å². The number of hydrogen-bond donors (Lipinski definition) is 1. The SMILES string of the molecule is COC(OC)c1ccc(CO)cc1. The van der Waals surface area contributed by atoms with Crippen molar-refractivity contribution in [2.75, 3.05) is 14.2 Å². The summed E-state index contributed by atoms with van der Waals surface area (Å²) in [6.07, 6.45) is -0.326. The first-order valence-corrected chi connectivity index (χ1v) is 4.07. The van der Waals surface area contributed by atoms with Crippen LogP contribution in [0.25, 0.3) is 0 Å². The number of aliphatic hydroxyl groups excluding tert-OH is 1. The average Bonchev–Trinajstić information content (AvgIpc) is 2.21. The third kappa shape index (κ3) is 2.52. The van der Waals surface area contributed by atoms with Gasteiger partial charge in [-0.3, -0.25) is 0 Å². The lowest BCUT2D eigenvalue weighted by Crippen LogP contribution is -2.03. The molecule has 0 atom stereocenters. The van der Waals surface area contributed by atoms with Crippen LogP contribution in [0.3, 0.4) is 0 Å². The van der Waals surface area contributed by atoms with Crippen molar-refractivity contribution >= 4 is 0 Å². The molecule has 0 saturated carbocycles. The first kappa shape index (κ1) is 10.2. The van der Waals surface area contributed by atoms with Crippen LogP contribution < -0.4 is 0 Å². The Morgan fingerprint density at radius 2 is 1.69 bits per heavy atom. The van der Waals surface area contributed by atoms with Crippen LogP contribution in [0.4, 0.5) is 0 Å². The minimum atomic E-state index is -0.326. The highest BCUT2D eigenvalue weighted by Gasteiger charge is 2.07. The van der Waals surface area contributed by atoms with Gasteiger partial charge in [0.2, 0.25) is 0 Å². The highest BCUT2D eigenvalue weighted by molar-refractivity contribution is 5.22. The standard InChI is InChI=1S/C10H14O3/c1-12-10(13-2)9-5-3-8(7-11)4-6-9/h3-6,10-11H,7H2,1-2H3. The minimum absolute atomic E-state index is 0.0604. The second kappa shape index (κ2) is 4.97. The summed E-state index contributed by atoms with van der Waals surface area (Å²) in [7, 11) is 3.18.